The third kappa shape index (κ3) is 2.89. The summed E-state index contributed by atoms with van der Waals surface area (Å²) in [5, 5.41) is 3.50. The second-order valence-electron chi connectivity index (χ2n) is 7.07. The van der Waals surface area contributed by atoms with Crippen LogP contribution in [0.3, 0.4) is 0 Å². The minimum Gasteiger partial charge on any atom is -0.381 e. The van der Waals surface area contributed by atoms with Crippen molar-refractivity contribution in [2.45, 2.75) is 34.6 Å². The third-order valence-corrected chi connectivity index (χ3v) is 7.15. The van der Waals surface area contributed by atoms with E-state index in [1.165, 1.54) is 6.07 Å². The van der Waals surface area contributed by atoms with Crippen LogP contribution >= 0.6 is 0 Å². The third-order valence-electron chi connectivity index (χ3n) is 5.40. The first kappa shape index (κ1) is 17.4. The Morgan fingerprint density at radius 3 is 2.46 bits per heavy atom. The maximum Gasteiger partial charge on any atom is 0.206 e. The van der Waals surface area contributed by atoms with Crippen molar-refractivity contribution in [2.75, 3.05) is 25.5 Å². The molecule has 1 N–H and O–H groups in total. The molecule has 0 unspecified atom stereocenters. The summed E-state index contributed by atoms with van der Waals surface area (Å²) in [6.45, 7) is 1.96. The molecule has 4 rings (SSSR count). The van der Waals surface area contributed by atoms with Gasteiger partial charge in [0.25, 0.3) is 0 Å². The smallest absolute Gasteiger partial charge is 0.206 e. The number of sulfone groups is 1. The lowest BCUT2D eigenvalue weighted by atomic mass is 9.91. The molecule has 0 amide bonds. The molecule has 4 nitrogen and oxygen atoms in total. The van der Waals surface area contributed by atoms with Crippen LogP contribution in [-0.2, 0) is 9.84 Å². The lowest BCUT2D eigenvalue weighted by Gasteiger charge is -2.16. The van der Waals surface area contributed by atoms with Crippen LogP contribution in [0.4, 0.5) is 14.5 Å². The quantitative estimate of drug-likeness (QED) is 0.814. The highest BCUT2D eigenvalue weighted by Gasteiger charge is 2.35. The number of nitrogens with zero attached hydrogens (tertiary/aromatic N) is 1. The number of anilines is 1. The van der Waals surface area contributed by atoms with Gasteiger partial charge in [0.05, 0.1) is 9.79 Å². The van der Waals surface area contributed by atoms with E-state index < -0.39 is 21.5 Å². The molecule has 2 aromatic carbocycles. The van der Waals surface area contributed by atoms with E-state index in [-0.39, 0.29) is 15.7 Å². The van der Waals surface area contributed by atoms with E-state index in [0.717, 1.165) is 55.4 Å². The number of likely N-dealkylation sites (tertiary alicyclic amines) is 1. The molecule has 2 atom stereocenters. The van der Waals surface area contributed by atoms with Crippen LogP contribution in [0.2, 0.25) is 0 Å². The van der Waals surface area contributed by atoms with Gasteiger partial charge < -0.3 is 10.2 Å². The number of halogens is 2. The maximum atomic E-state index is 13.5. The molecule has 26 heavy (non-hydrogen) atoms. The minimum atomic E-state index is -3.90. The predicted molar refractivity (Wildman–Crippen MR) is 95.1 cm³/mol. The Morgan fingerprint density at radius 2 is 1.69 bits per heavy atom. The molecule has 2 heterocycles. The Bertz CT molecular complexity index is 962. The first-order valence-corrected chi connectivity index (χ1v) is 10.1. The van der Waals surface area contributed by atoms with Gasteiger partial charge in [-0.2, -0.15) is 0 Å². The highest BCUT2D eigenvalue weighted by molar-refractivity contribution is 7.91. The molecular formula is C19H20F2N2O2S. The fourth-order valence-electron chi connectivity index (χ4n) is 3.90. The summed E-state index contributed by atoms with van der Waals surface area (Å²) in [5.74, 6) is -1.97. The summed E-state index contributed by atoms with van der Waals surface area (Å²) in [5.41, 5.74) is 1.96. The zero-order valence-corrected chi connectivity index (χ0v) is 15.2. The van der Waals surface area contributed by atoms with Gasteiger partial charge >= 0.3 is 0 Å². The Kier molecular flexibility index (Phi) is 4.23. The molecule has 0 radical (unpaired) electrons. The van der Waals surface area contributed by atoms with Crippen LogP contribution < -0.4 is 5.32 Å². The molecule has 0 bridgehead atoms. The average molecular weight is 378 g/mol. The normalized spacial score (nSPS) is 23.0. The van der Waals surface area contributed by atoms with Crippen LogP contribution in [-0.4, -0.2) is 39.5 Å². The van der Waals surface area contributed by atoms with Crippen molar-refractivity contribution in [3.8, 4) is 0 Å². The van der Waals surface area contributed by atoms with E-state index in [1.54, 1.807) is 12.1 Å². The molecule has 2 aliphatic rings. The molecule has 2 aromatic rings. The van der Waals surface area contributed by atoms with Crippen molar-refractivity contribution in [3.05, 3.63) is 53.6 Å². The summed E-state index contributed by atoms with van der Waals surface area (Å²) in [6.07, 6.45) is 1.96. The van der Waals surface area contributed by atoms with Gasteiger partial charge in [0.2, 0.25) is 9.84 Å². The Hall–Kier alpha value is -1.99. The fourth-order valence-corrected chi connectivity index (χ4v) is 5.21. The highest BCUT2D eigenvalue weighted by atomic mass is 32.2. The topological polar surface area (TPSA) is 49.4 Å². The number of nitrogens with one attached hydrogen (secondary N) is 1. The molecule has 138 valence electrons. The highest BCUT2D eigenvalue weighted by Crippen LogP contribution is 2.42. The number of hydrogen-bond donors (Lipinski definition) is 1. The Balaban J connectivity index is 1.72. The van der Waals surface area contributed by atoms with E-state index in [1.807, 2.05) is 0 Å². The molecule has 0 aliphatic carbocycles. The van der Waals surface area contributed by atoms with Crippen LogP contribution in [0, 0.1) is 11.6 Å². The molecule has 0 spiro atoms. The lowest BCUT2D eigenvalue weighted by molar-refractivity contribution is 0.346. The lowest BCUT2D eigenvalue weighted by Crippen LogP contribution is -2.22. The van der Waals surface area contributed by atoms with Crippen LogP contribution in [0.25, 0.3) is 0 Å². The van der Waals surface area contributed by atoms with Gasteiger partial charge in [-0.3, -0.25) is 0 Å². The largest absolute Gasteiger partial charge is 0.381 e. The van der Waals surface area contributed by atoms with E-state index >= 15 is 0 Å². The van der Waals surface area contributed by atoms with Gasteiger partial charge in [-0.1, -0.05) is 0 Å². The zero-order valence-electron chi connectivity index (χ0n) is 14.4. The van der Waals surface area contributed by atoms with Crippen molar-refractivity contribution in [2.24, 2.45) is 0 Å². The van der Waals surface area contributed by atoms with Crippen LogP contribution in [0.15, 0.2) is 46.2 Å². The van der Waals surface area contributed by atoms with Crippen LogP contribution in [0.1, 0.15) is 24.3 Å². The number of rotatable bonds is 2. The molecule has 7 heteroatoms. The standard InChI is InChI=1S/C19H20F2N2O2S/c1-23-8-6-14-15-10-12(3-5-18(15)22-19(14)7-9-23)26(24,25)13-2-4-16(20)17(21)11-13/h2-5,10-11,14,19,22H,6-9H2,1H3/t14-,19-/m1/s1. The fraction of sp³-hybridized carbons (Fsp3) is 0.368. The average Bonchev–Trinajstić information content (AvgIpc) is 2.86. The second kappa shape index (κ2) is 6.32. The van der Waals surface area contributed by atoms with Gasteiger partial charge in [-0.15, -0.1) is 0 Å². The summed E-state index contributed by atoms with van der Waals surface area (Å²) >= 11 is 0. The maximum absolute atomic E-state index is 13.5. The van der Waals surface area contributed by atoms with Gasteiger partial charge in [0.15, 0.2) is 11.6 Å². The number of hydrogen-bond acceptors (Lipinski definition) is 4. The SMILES string of the molecule is CN1CC[C@@H]2c3cc(S(=O)(=O)c4ccc(F)c(F)c4)ccc3N[C@@H]2CC1. The van der Waals surface area contributed by atoms with Crippen molar-refractivity contribution >= 4 is 15.5 Å². The van der Waals surface area contributed by atoms with Gasteiger partial charge in [-0.25, -0.2) is 17.2 Å². The van der Waals surface area contributed by atoms with Crippen LogP contribution in [0.5, 0.6) is 0 Å². The molecule has 0 saturated carbocycles. The minimum absolute atomic E-state index is 0.113. The molecule has 1 saturated heterocycles. The predicted octanol–water partition coefficient (Wildman–Crippen LogP) is 3.40. The molecule has 0 aromatic heterocycles. The Morgan fingerprint density at radius 1 is 1.00 bits per heavy atom. The number of fused-ring (bicyclic) bond motifs is 3. The molecule has 1 fully saturated rings. The van der Waals surface area contributed by atoms with Gasteiger partial charge in [0, 0.05) is 17.6 Å². The van der Waals surface area contributed by atoms with Crippen molar-refractivity contribution in [1.82, 2.24) is 4.90 Å². The summed E-state index contributed by atoms with van der Waals surface area (Å²) in [6, 6.07) is 7.97. The van der Waals surface area contributed by atoms with E-state index in [9.17, 15) is 17.2 Å². The number of benzene rings is 2. The van der Waals surface area contributed by atoms with E-state index in [2.05, 4.69) is 17.3 Å². The van der Waals surface area contributed by atoms with Crippen molar-refractivity contribution in [1.29, 1.82) is 0 Å². The summed E-state index contributed by atoms with van der Waals surface area (Å²) < 4.78 is 52.4. The van der Waals surface area contributed by atoms with E-state index in [0.29, 0.717) is 6.04 Å². The summed E-state index contributed by atoms with van der Waals surface area (Å²) in [7, 11) is -1.81. The van der Waals surface area contributed by atoms with Crippen molar-refractivity contribution in [3.63, 3.8) is 0 Å². The molecule has 2 aliphatic heterocycles. The molecular weight excluding hydrogens is 358 g/mol. The summed E-state index contributed by atoms with van der Waals surface area (Å²) in [4.78, 5) is 2.16. The van der Waals surface area contributed by atoms with E-state index in [4.69, 9.17) is 0 Å². The second-order valence-corrected chi connectivity index (χ2v) is 9.02. The van der Waals surface area contributed by atoms with Crippen molar-refractivity contribution < 1.29 is 17.2 Å². The first-order chi connectivity index (χ1) is 12.4. The first-order valence-electron chi connectivity index (χ1n) is 8.65. The monoisotopic (exact) mass is 378 g/mol. The van der Waals surface area contributed by atoms with Gasteiger partial charge in [0.1, 0.15) is 0 Å². The Labute approximate surface area is 151 Å². The zero-order chi connectivity index (χ0) is 18.5. The van der Waals surface area contributed by atoms with Gasteiger partial charge in [-0.05, 0) is 74.9 Å².